The molecule has 0 nitrogen and oxygen atoms in total. The molecule has 0 aromatic heterocycles. The largest absolute Gasteiger partial charge is 0.214 e. The minimum Gasteiger partial charge on any atom is -0.214 e. The Balaban J connectivity index is 0.000000277. The summed E-state index contributed by atoms with van der Waals surface area (Å²) in [6, 6.07) is 42.8. The minimum atomic E-state index is 0.0380. The van der Waals surface area contributed by atoms with E-state index in [9.17, 15) is 0 Å². The fraction of sp³-hybridized carbons (Fsp3) is 0.318. The normalized spacial score (nSPS) is 14.0. The first kappa shape index (κ1) is 33.3. The molecule has 1 fully saturated rings. The van der Waals surface area contributed by atoms with E-state index in [2.05, 4.69) is 126 Å². The van der Waals surface area contributed by atoms with E-state index in [4.69, 9.17) is 0 Å². The fourth-order valence-corrected chi connectivity index (χ4v) is 7.27. The summed E-state index contributed by atoms with van der Waals surface area (Å²) in [4.78, 5) is 0. The molecule has 0 bridgehead atoms. The summed E-state index contributed by atoms with van der Waals surface area (Å²) in [6.45, 7) is 13.9. The van der Waals surface area contributed by atoms with Gasteiger partial charge in [0, 0.05) is 0 Å². The average molecular weight is 668 g/mol. The van der Waals surface area contributed by atoms with E-state index >= 15 is 0 Å². The quantitative estimate of drug-likeness (QED) is 0.161. The van der Waals surface area contributed by atoms with E-state index in [1.54, 1.807) is 27.4 Å². The molecule has 5 aromatic carbocycles. The third kappa shape index (κ3) is 8.42. The van der Waals surface area contributed by atoms with Crippen molar-refractivity contribution in [3.63, 3.8) is 0 Å². The van der Waals surface area contributed by atoms with Crippen molar-refractivity contribution in [1.82, 2.24) is 0 Å². The van der Waals surface area contributed by atoms with Gasteiger partial charge in [-0.15, -0.1) is 28.8 Å². The van der Waals surface area contributed by atoms with Crippen LogP contribution in [-0.4, -0.2) is 3.21 Å². The molecule has 0 spiro atoms. The maximum Gasteiger partial charge on any atom is -0.172 e. The van der Waals surface area contributed by atoms with Crippen LogP contribution in [0.25, 0.3) is 33.4 Å². The topological polar surface area (TPSA) is 0 Å². The second-order valence-electron chi connectivity index (χ2n) is 14.5. The first-order chi connectivity index (χ1) is 21.5. The van der Waals surface area contributed by atoms with Crippen molar-refractivity contribution < 1.29 is 24.2 Å². The summed E-state index contributed by atoms with van der Waals surface area (Å²) in [6.07, 6.45) is 8.26. The van der Waals surface area contributed by atoms with Gasteiger partial charge in [0.2, 0.25) is 0 Å². The number of hydrogen-bond acceptors (Lipinski definition) is 0. The Labute approximate surface area is 287 Å². The van der Waals surface area contributed by atoms with Crippen LogP contribution in [-0.2, 0) is 41.5 Å². The summed E-state index contributed by atoms with van der Waals surface area (Å²) in [7, 11) is 0. The van der Waals surface area contributed by atoms with E-state index in [0.29, 0.717) is 0 Å². The Hall–Kier alpha value is -3.02. The standard InChI is InChI=1S/C33H33.C6H10.C5H5.Zr/c1-32(2,3)30-20-26-24(18-28(30)22-13-9-7-10-14-22)17-25-19-29(23-15-11-8-12-16-23)31(21-27(25)26)33(4,5)6;1-2-4-6-5-3-1;1-2-4-5-3-1;/h7-16,18,20-21H,17H2,1-6H3;1-5H2;1-5H;/q-1;;-1;+2. The van der Waals surface area contributed by atoms with Crippen LogP contribution >= 0.6 is 0 Å². The first-order valence-electron chi connectivity index (χ1n) is 16.6. The summed E-state index contributed by atoms with van der Waals surface area (Å²) in [5.74, 6) is 0. The number of fused-ring (bicyclic) bond motifs is 3. The monoisotopic (exact) mass is 666 g/mol. The maximum absolute atomic E-state index is 3.88. The third-order valence-corrected chi connectivity index (χ3v) is 10.1. The molecule has 0 heterocycles. The van der Waals surface area contributed by atoms with Crippen LogP contribution in [0.15, 0.2) is 109 Å². The Morgan fingerprint density at radius 1 is 0.600 bits per heavy atom. The van der Waals surface area contributed by atoms with Gasteiger partial charge in [0.15, 0.2) is 0 Å². The molecule has 2 aliphatic rings. The number of hydrogen-bond donors (Lipinski definition) is 0. The van der Waals surface area contributed by atoms with E-state index in [-0.39, 0.29) is 10.8 Å². The van der Waals surface area contributed by atoms with Crippen LogP contribution in [0.2, 0.25) is 0 Å². The van der Waals surface area contributed by atoms with Gasteiger partial charge < -0.3 is 0 Å². The molecule has 1 saturated carbocycles. The second-order valence-corrected chi connectivity index (χ2v) is 16.3. The molecule has 0 amide bonds. The van der Waals surface area contributed by atoms with Crippen molar-refractivity contribution in [2.45, 2.75) is 90.9 Å². The van der Waals surface area contributed by atoms with E-state index in [1.807, 2.05) is 30.3 Å². The zero-order valence-corrected chi connectivity index (χ0v) is 30.6. The Bertz CT molecular complexity index is 1560. The fourth-order valence-electron chi connectivity index (χ4n) is 6.40. The van der Waals surface area contributed by atoms with Gasteiger partial charge in [-0.3, -0.25) is 0 Å². The Morgan fingerprint density at radius 3 is 1.64 bits per heavy atom. The molecular weight excluding hydrogens is 620 g/mol. The molecular formula is C44H48Zr. The summed E-state index contributed by atoms with van der Waals surface area (Å²) >= 11 is 1.69. The van der Waals surface area contributed by atoms with Crippen LogP contribution in [0, 0.1) is 6.07 Å². The van der Waals surface area contributed by atoms with E-state index in [1.165, 1.54) is 87.7 Å². The van der Waals surface area contributed by atoms with E-state index in [0.717, 1.165) is 6.42 Å². The van der Waals surface area contributed by atoms with Gasteiger partial charge in [0.1, 0.15) is 0 Å². The molecule has 0 unspecified atom stereocenters. The van der Waals surface area contributed by atoms with Gasteiger partial charge in [-0.25, -0.2) is 12.1 Å². The smallest absolute Gasteiger partial charge is 0.172 e. The molecule has 45 heavy (non-hydrogen) atoms. The van der Waals surface area contributed by atoms with Crippen LogP contribution < -0.4 is 0 Å². The Kier molecular flexibility index (Phi) is 10.8. The van der Waals surface area contributed by atoms with Crippen LogP contribution in [0.5, 0.6) is 0 Å². The molecule has 7 rings (SSSR count). The zero-order chi connectivity index (χ0) is 32.0. The van der Waals surface area contributed by atoms with Gasteiger partial charge >= 0.3 is 59.5 Å². The van der Waals surface area contributed by atoms with Crippen molar-refractivity contribution in [1.29, 1.82) is 0 Å². The van der Waals surface area contributed by atoms with Gasteiger partial charge in [0.25, 0.3) is 0 Å². The van der Waals surface area contributed by atoms with Gasteiger partial charge in [-0.1, -0.05) is 131 Å². The van der Waals surface area contributed by atoms with Crippen molar-refractivity contribution in [2.75, 3.05) is 0 Å². The van der Waals surface area contributed by atoms with Crippen molar-refractivity contribution in [3.05, 3.63) is 138 Å². The zero-order valence-electron chi connectivity index (χ0n) is 28.1. The third-order valence-electron chi connectivity index (χ3n) is 8.84. The molecule has 2 aliphatic carbocycles. The molecule has 0 saturated heterocycles. The molecule has 0 atom stereocenters. The first-order valence-corrected chi connectivity index (χ1v) is 17.9. The summed E-state index contributed by atoms with van der Waals surface area (Å²) < 4.78 is 1.80. The van der Waals surface area contributed by atoms with Gasteiger partial charge in [-0.05, 0) is 39.5 Å². The molecule has 0 radical (unpaired) electrons. The predicted octanol–water partition coefficient (Wildman–Crippen LogP) is 12.1. The van der Waals surface area contributed by atoms with Crippen LogP contribution in [0.3, 0.4) is 0 Å². The van der Waals surface area contributed by atoms with E-state index < -0.39 is 0 Å². The second kappa shape index (κ2) is 14.6. The summed E-state index contributed by atoms with van der Waals surface area (Å²) in [5, 5.41) is 0. The van der Waals surface area contributed by atoms with Crippen molar-refractivity contribution >= 4 is 3.21 Å². The average Bonchev–Trinajstić information content (AvgIpc) is 3.72. The molecule has 0 N–H and O–H groups in total. The minimum absolute atomic E-state index is 0.0380. The molecule has 5 aromatic rings. The maximum atomic E-state index is 3.88. The van der Waals surface area contributed by atoms with Crippen LogP contribution in [0.1, 0.15) is 95.9 Å². The van der Waals surface area contributed by atoms with Crippen molar-refractivity contribution in [2.24, 2.45) is 0 Å². The van der Waals surface area contributed by atoms with Gasteiger partial charge in [0.05, 0.1) is 0 Å². The number of rotatable bonds is 2. The summed E-state index contributed by atoms with van der Waals surface area (Å²) in [5.41, 5.74) is 13.5. The Morgan fingerprint density at radius 2 is 1.16 bits per heavy atom. The van der Waals surface area contributed by atoms with Crippen molar-refractivity contribution in [3.8, 4) is 33.4 Å². The SMILES string of the molecule is CC(C)(C)c1cc2c([c-]c1-c1ccccc1)Cc1cc(-c3ccccc3)c(C(C)(C)C)cc1-2.[Zr+2]=[C]1CCCCC1.c1cc[cH-]c1. The van der Waals surface area contributed by atoms with Gasteiger partial charge in [-0.2, -0.15) is 18.2 Å². The molecule has 228 valence electrons. The predicted molar refractivity (Wildman–Crippen MR) is 192 cm³/mol. The number of benzene rings is 4. The molecule has 0 aliphatic heterocycles. The van der Waals surface area contributed by atoms with Crippen LogP contribution in [0.4, 0.5) is 0 Å². The molecule has 1 heteroatoms.